The Morgan fingerprint density at radius 3 is 3.00 bits per heavy atom. The van der Waals surface area contributed by atoms with Crippen molar-refractivity contribution >= 4 is 5.91 Å². The molecule has 0 saturated carbocycles. The zero-order valence-electron chi connectivity index (χ0n) is 13.7. The highest BCUT2D eigenvalue weighted by Gasteiger charge is 2.51. The number of hydrogen-bond acceptors (Lipinski definition) is 4. The fourth-order valence-corrected chi connectivity index (χ4v) is 3.62. The van der Waals surface area contributed by atoms with Crippen molar-refractivity contribution < 1.29 is 14.3 Å². The molecule has 1 amide bonds. The number of nitrogens with zero attached hydrogens (tertiary/aromatic N) is 3. The number of carbonyl (C=O) groups is 1. The molecule has 0 bridgehead atoms. The van der Waals surface area contributed by atoms with Crippen molar-refractivity contribution in [3.8, 4) is 0 Å². The molecule has 122 valence electrons. The molecule has 0 radical (unpaired) electrons. The van der Waals surface area contributed by atoms with E-state index < -0.39 is 0 Å². The SMILES string of the molecule is CO[C@H]1CN(C(=O)CCc2cnn(C)c2C)C[C@@]12CCCO2. The van der Waals surface area contributed by atoms with Crippen molar-refractivity contribution in [2.24, 2.45) is 7.05 Å². The van der Waals surface area contributed by atoms with Gasteiger partial charge in [0.2, 0.25) is 5.91 Å². The van der Waals surface area contributed by atoms with E-state index in [0.29, 0.717) is 19.5 Å². The molecule has 6 heteroatoms. The van der Waals surface area contributed by atoms with Crippen LogP contribution in [0.5, 0.6) is 0 Å². The van der Waals surface area contributed by atoms with Gasteiger partial charge in [0.15, 0.2) is 0 Å². The Morgan fingerprint density at radius 1 is 1.59 bits per heavy atom. The number of aryl methyl sites for hydroxylation is 2. The minimum absolute atomic E-state index is 0.000854. The van der Waals surface area contributed by atoms with Gasteiger partial charge in [-0.15, -0.1) is 0 Å². The van der Waals surface area contributed by atoms with Crippen LogP contribution in [-0.4, -0.2) is 59.1 Å². The van der Waals surface area contributed by atoms with Gasteiger partial charge in [0.25, 0.3) is 0 Å². The first-order chi connectivity index (χ1) is 10.6. The number of likely N-dealkylation sites (tertiary alicyclic amines) is 1. The predicted octanol–water partition coefficient (Wildman–Crippen LogP) is 1.07. The molecule has 6 nitrogen and oxygen atoms in total. The average Bonchev–Trinajstić information content (AvgIpc) is 3.21. The third kappa shape index (κ3) is 2.65. The molecule has 0 aliphatic carbocycles. The van der Waals surface area contributed by atoms with E-state index in [0.717, 1.165) is 37.1 Å². The molecule has 2 atom stereocenters. The summed E-state index contributed by atoms with van der Waals surface area (Å²) in [5.74, 6) is 0.178. The quantitative estimate of drug-likeness (QED) is 0.835. The molecule has 0 aromatic carbocycles. The summed E-state index contributed by atoms with van der Waals surface area (Å²) < 4.78 is 13.4. The number of ether oxygens (including phenoxy) is 2. The Bertz CT molecular complexity index is 549. The Morgan fingerprint density at radius 2 is 2.41 bits per heavy atom. The summed E-state index contributed by atoms with van der Waals surface area (Å²) >= 11 is 0. The molecule has 2 aliphatic heterocycles. The van der Waals surface area contributed by atoms with Crippen molar-refractivity contribution in [2.45, 2.75) is 44.3 Å². The molecule has 22 heavy (non-hydrogen) atoms. The first-order valence-electron chi connectivity index (χ1n) is 7.98. The molecule has 2 saturated heterocycles. The fraction of sp³-hybridized carbons (Fsp3) is 0.750. The van der Waals surface area contributed by atoms with Gasteiger partial charge < -0.3 is 14.4 Å². The van der Waals surface area contributed by atoms with Crippen molar-refractivity contribution in [3.05, 3.63) is 17.5 Å². The second-order valence-electron chi connectivity index (χ2n) is 6.39. The van der Waals surface area contributed by atoms with Gasteiger partial charge in [-0.2, -0.15) is 5.10 Å². The van der Waals surface area contributed by atoms with Gasteiger partial charge in [-0.05, 0) is 31.7 Å². The van der Waals surface area contributed by atoms with E-state index >= 15 is 0 Å². The molecular formula is C16H25N3O3. The molecule has 1 spiro atoms. The van der Waals surface area contributed by atoms with Crippen LogP contribution < -0.4 is 0 Å². The maximum atomic E-state index is 12.5. The van der Waals surface area contributed by atoms with Gasteiger partial charge >= 0.3 is 0 Å². The maximum absolute atomic E-state index is 12.5. The van der Waals surface area contributed by atoms with Crippen molar-refractivity contribution in [1.29, 1.82) is 0 Å². The highest BCUT2D eigenvalue weighted by atomic mass is 16.6. The largest absolute Gasteiger partial charge is 0.377 e. The van der Waals surface area contributed by atoms with Crippen LogP contribution >= 0.6 is 0 Å². The third-order valence-electron chi connectivity index (χ3n) is 5.15. The first kappa shape index (κ1) is 15.5. The molecule has 1 aromatic heterocycles. The van der Waals surface area contributed by atoms with Gasteiger partial charge in [-0.3, -0.25) is 9.48 Å². The van der Waals surface area contributed by atoms with Crippen molar-refractivity contribution in [3.63, 3.8) is 0 Å². The summed E-state index contributed by atoms with van der Waals surface area (Å²) in [5, 5.41) is 4.23. The number of hydrogen-bond donors (Lipinski definition) is 0. The van der Waals surface area contributed by atoms with Crippen LogP contribution in [-0.2, 0) is 27.7 Å². The standard InChI is InChI=1S/C16H25N3O3/c1-12-13(9-17-18(12)2)5-6-15(20)19-10-14(21-3)16(11-19)7-4-8-22-16/h9,14H,4-8,10-11H2,1-3H3/t14-,16-/m0/s1. The first-order valence-corrected chi connectivity index (χ1v) is 7.98. The number of amides is 1. The summed E-state index contributed by atoms with van der Waals surface area (Å²) in [6.07, 6.45) is 5.14. The summed E-state index contributed by atoms with van der Waals surface area (Å²) in [4.78, 5) is 14.4. The Balaban J connectivity index is 1.60. The van der Waals surface area contributed by atoms with E-state index in [9.17, 15) is 4.79 Å². The Labute approximate surface area is 131 Å². The van der Waals surface area contributed by atoms with E-state index in [-0.39, 0.29) is 17.6 Å². The van der Waals surface area contributed by atoms with E-state index in [4.69, 9.17) is 9.47 Å². The summed E-state index contributed by atoms with van der Waals surface area (Å²) in [5.41, 5.74) is 2.00. The minimum atomic E-state index is -0.269. The van der Waals surface area contributed by atoms with Crippen LogP contribution in [0.25, 0.3) is 0 Å². The van der Waals surface area contributed by atoms with Crippen LogP contribution in [0.15, 0.2) is 6.20 Å². The molecule has 0 N–H and O–H groups in total. The summed E-state index contributed by atoms with van der Waals surface area (Å²) in [6, 6.07) is 0. The van der Waals surface area contributed by atoms with Crippen LogP contribution in [0.1, 0.15) is 30.5 Å². The predicted molar refractivity (Wildman–Crippen MR) is 81.6 cm³/mol. The van der Waals surface area contributed by atoms with Gasteiger partial charge in [0, 0.05) is 39.4 Å². The van der Waals surface area contributed by atoms with Crippen LogP contribution in [0.3, 0.4) is 0 Å². The molecule has 3 rings (SSSR count). The number of rotatable bonds is 4. The summed E-state index contributed by atoms with van der Waals surface area (Å²) in [7, 11) is 3.63. The monoisotopic (exact) mass is 307 g/mol. The second kappa shape index (κ2) is 6.01. The third-order valence-corrected chi connectivity index (χ3v) is 5.15. The number of carbonyl (C=O) groups excluding carboxylic acids is 1. The van der Waals surface area contributed by atoms with Crippen molar-refractivity contribution in [1.82, 2.24) is 14.7 Å². The highest BCUT2D eigenvalue weighted by Crippen LogP contribution is 2.36. The zero-order chi connectivity index (χ0) is 15.7. The lowest BCUT2D eigenvalue weighted by molar-refractivity contribution is -0.131. The Hall–Kier alpha value is -1.40. The van der Waals surface area contributed by atoms with E-state index in [1.165, 1.54) is 0 Å². The second-order valence-corrected chi connectivity index (χ2v) is 6.39. The van der Waals surface area contributed by atoms with Crippen LogP contribution in [0.4, 0.5) is 0 Å². The summed E-state index contributed by atoms with van der Waals surface area (Å²) in [6.45, 7) is 4.11. The van der Waals surface area contributed by atoms with E-state index in [2.05, 4.69) is 5.10 Å². The Kier molecular flexibility index (Phi) is 4.23. The van der Waals surface area contributed by atoms with Gasteiger partial charge in [-0.25, -0.2) is 0 Å². The fourth-order valence-electron chi connectivity index (χ4n) is 3.62. The minimum Gasteiger partial charge on any atom is -0.377 e. The van der Waals surface area contributed by atoms with Crippen molar-refractivity contribution in [2.75, 3.05) is 26.8 Å². The number of aromatic nitrogens is 2. The van der Waals surface area contributed by atoms with E-state index in [1.54, 1.807) is 7.11 Å². The average molecular weight is 307 g/mol. The topological polar surface area (TPSA) is 56.6 Å². The smallest absolute Gasteiger partial charge is 0.223 e. The van der Waals surface area contributed by atoms with Crippen LogP contribution in [0, 0.1) is 6.92 Å². The zero-order valence-corrected chi connectivity index (χ0v) is 13.7. The van der Waals surface area contributed by atoms with Crippen LogP contribution in [0.2, 0.25) is 0 Å². The number of methoxy groups -OCH3 is 1. The lowest BCUT2D eigenvalue weighted by Gasteiger charge is -2.27. The lowest BCUT2D eigenvalue weighted by Crippen LogP contribution is -2.42. The molecular weight excluding hydrogens is 282 g/mol. The molecule has 2 fully saturated rings. The lowest BCUT2D eigenvalue weighted by atomic mass is 9.96. The highest BCUT2D eigenvalue weighted by molar-refractivity contribution is 5.77. The molecule has 1 aromatic rings. The van der Waals surface area contributed by atoms with E-state index in [1.807, 2.05) is 29.7 Å². The maximum Gasteiger partial charge on any atom is 0.223 e. The molecule has 2 aliphatic rings. The molecule has 0 unspecified atom stereocenters. The van der Waals surface area contributed by atoms with Gasteiger partial charge in [-0.1, -0.05) is 0 Å². The van der Waals surface area contributed by atoms with Gasteiger partial charge in [0.1, 0.15) is 11.7 Å². The van der Waals surface area contributed by atoms with Gasteiger partial charge in [0.05, 0.1) is 12.7 Å². The normalized spacial score (nSPS) is 28.0. The molecule has 3 heterocycles.